The molecule has 1 saturated heterocycles. The second-order valence-corrected chi connectivity index (χ2v) is 7.40. The summed E-state index contributed by atoms with van der Waals surface area (Å²) in [7, 11) is 3.36. The van der Waals surface area contributed by atoms with Gasteiger partial charge in [-0.2, -0.15) is 23.5 Å². The van der Waals surface area contributed by atoms with Crippen molar-refractivity contribution in [2.45, 2.75) is 23.5 Å². The number of hydrazine groups is 1. The molecule has 0 radical (unpaired) electrons. The van der Waals surface area contributed by atoms with Crippen molar-refractivity contribution >= 4 is 23.5 Å². The Balaban J connectivity index is 2.39. The fourth-order valence-electron chi connectivity index (χ4n) is 2.54. The molecule has 0 bridgehead atoms. The molecule has 20 heavy (non-hydrogen) atoms. The molecule has 1 aromatic carbocycles. The molecule has 0 aromatic heterocycles. The van der Waals surface area contributed by atoms with Gasteiger partial charge in [-0.3, -0.25) is 11.3 Å². The Morgan fingerprint density at radius 1 is 1.20 bits per heavy atom. The summed E-state index contributed by atoms with van der Waals surface area (Å²) in [6.45, 7) is 2.26. The summed E-state index contributed by atoms with van der Waals surface area (Å²) < 4.78 is 11.0. The van der Waals surface area contributed by atoms with E-state index in [2.05, 4.69) is 12.3 Å². The van der Waals surface area contributed by atoms with Crippen LogP contribution in [-0.2, 0) is 0 Å². The van der Waals surface area contributed by atoms with E-state index >= 15 is 0 Å². The molecule has 0 spiro atoms. The third-order valence-corrected chi connectivity index (χ3v) is 6.72. The topological polar surface area (TPSA) is 56.5 Å². The SMILES string of the molecule is COc1cccc(OC)c1C(NN)C1SCCSC1C. The molecule has 1 aliphatic heterocycles. The number of benzene rings is 1. The number of hydrogen-bond acceptors (Lipinski definition) is 6. The van der Waals surface area contributed by atoms with Gasteiger partial charge in [0.05, 0.1) is 25.8 Å². The van der Waals surface area contributed by atoms with Crippen LogP contribution < -0.4 is 20.7 Å². The summed E-state index contributed by atoms with van der Waals surface area (Å²) in [5.41, 5.74) is 3.98. The summed E-state index contributed by atoms with van der Waals surface area (Å²) in [4.78, 5) is 0. The van der Waals surface area contributed by atoms with Crippen LogP contribution in [0.4, 0.5) is 0 Å². The van der Waals surface area contributed by atoms with Gasteiger partial charge in [0.1, 0.15) is 11.5 Å². The summed E-state index contributed by atoms with van der Waals surface area (Å²) in [5.74, 6) is 9.84. The monoisotopic (exact) mass is 314 g/mol. The minimum absolute atomic E-state index is 0.00824. The number of hydrogen-bond donors (Lipinski definition) is 2. The highest BCUT2D eigenvalue weighted by Crippen LogP contribution is 2.43. The molecule has 1 heterocycles. The largest absolute Gasteiger partial charge is 0.496 e. The van der Waals surface area contributed by atoms with Gasteiger partial charge >= 0.3 is 0 Å². The maximum Gasteiger partial charge on any atom is 0.127 e. The second kappa shape index (κ2) is 7.45. The van der Waals surface area contributed by atoms with Gasteiger partial charge in [-0.25, -0.2) is 0 Å². The Bertz CT molecular complexity index is 423. The molecule has 1 aliphatic rings. The van der Waals surface area contributed by atoms with E-state index in [4.69, 9.17) is 15.3 Å². The molecule has 1 aromatic rings. The first-order valence-electron chi connectivity index (χ1n) is 6.63. The van der Waals surface area contributed by atoms with Gasteiger partial charge in [0.25, 0.3) is 0 Å². The number of rotatable bonds is 5. The quantitative estimate of drug-likeness (QED) is 0.643. The lowest BCUT2D eigenvalue weighted by Crippen LogP contribution is -2.41. The first kappa shape index (κ1) is 15.8. The molecule has 2 rings (SSSR count). The number of nitrogens with one attached hydrogen (secondary N) is 1. The highest BCUT2D eigenvalue weighted by Gasteiger charge is 2.34. The van der Waals surface area contributed by atoms with Crippen molar-refractivity contribution in [3.8, 4) is 11.5 Å². The predicted octanol–water partition coefficient (Wildman–Crippen LogP) is 2.45. The molecule has 3 unspecified atom stereocenters. The molecule has 4 nitrogen and oxygen atoms in total. The standard InChI is InChI=1S/C14H22N2O2S2/c1-9-14(20-8-7-19-9)13(16-15)12-10(17-2)5-4-6-11(12)18-3/h4-6,9,13-14,16H,7-8,15H2,1-3H3. The minimum Gasteiger partial charge on any atom is -0.496 e. The van der Waals surface area contributed by atoms with E-state index in [1.54, 1.807) is 14.2 Å². The Morgan fingerprint density at radius 3 is 2.30 bits per heavy atom. The molecular formula is C14H22N2O2S2. The van der Waals surface area contributed by atoms with E-state index < -0.39 is 0 Å². The molecule has 0 aliphatic carbocycles. The fourth-order valence-corrected chi connectivity index (χ4v) is 5.45. The van der Waals surface area contributed by atoms with Crippen molar-refractivity contribution in [2.75, 3.05) is 25.7 Å². The molecule has 3 N–H and O–H groups in total. The van der Waals surface area contributed by atoms with E-state index in [-0.39, 0.29) is 6.04 Å². The van der Waals surface area contributed by atoms with Gasteiger partial charge in [-0.1, -0.05) is 13.0 Å². The summed E-state index contributed by atoms with van der Waals surface area (Å²) in [5, 5.41) is 0.924. The van der Waals surface area contributed by atoms with Crippen molar-refractivity contribution in [2.24, 2.45) is 5.84 Å². The maximum atomic E-state index is 5.86. The normalized spacial score (nSPS) is 24.2. The summed E-state index contributed by atoms with van der Waals surface area (Å²) in [6.07, 6.45) is 0. The first-order valence-corrected chi connectivity index (χ1v) is 8.73. The number of ether oxygens (including phenoxy) is 2. The van der Waals surface area contributed by atoms with Crippen molar-refractivity contribution < 1.29 is 9.47 Å². The van der Waals surface area contributed by atoms with Gasteiger partial charge < -0.3 is 9.47 Å². The molecule has 0 saturated carbocycles. The van der Waals surface area contributed by atoms with Gasteiger partial charge in [-0.05, 0) is 12.1 Å². The highest BCUT2D eigenvalue weighted by atomic mass is 32.2. The average molecular weight is 314 g/mol. The van der Waals surface area contributed by atoms with E-state index in [0.29, 0.717) is 10.5 Å². The van der Waals surface area contributed by atoms with E-state index in [1.807, 2.05) is 41.7 Å². The average Bonchev–Trinajstić information content (AvgIpc) is 2.49. The molecule has 0 amide bonds. The van der Waals surface area contributed by atoms with Gasteiger partial charge in [0.2, 0.25) is 0 Å². The zero-order chi connectivity index (χ0) is 14.5. The third-order valence-electron chi connectivity index (χ3n) is 3.52. The smallest absolute Gasteiger partial charge is 0.127 e. The van der Waals surface area contributed by atoms with Crippen LogP contribution in [0.25, 0.3) is 0 Å². The summed E-state index contributed by atoms with van der Waals surface area (Å²) in [6, 6.07) is 5.84. The van der Waals surface area contributed by atoms with Crippen LogP contribution in [0.3, 0.4) is 0 Å². The Kier molecular flexibility index (Phi) is 5.89. The molecule has 1 fully saturated rings. The molecular weight excluding hydrogens is 292 g/mol. The van der Waals surface area contributed by atoms with E-state index in [1.165, 1.54) is 5.75 Å². The first-order chi connectivity index (χ1) is 9.72. The van der Waals surface area contributed by atoms with E-state index in [9.17, 15) is 0 Å². The number of thioether (sulfide) groups is 2. The van der Waals surface area contributed by atoms with Crippen LogP contribution in [0.1, 0.15) is 18.5 Å². The van der Waals surface area contributed by atoms with Gasteiger partial charge in [0.15, 0.2) is 0 Å². The van der Waals surface area contributed by atoms with Crippen LogP contribution in [0, 0.1) is 0 Å². The van der Waals surface area contributed by atoms with Crippen molar-refractivity contribution in [3.63, 3.8) is 0 Å². The maximum absolute atomic E-state index is 5.86. The van der Waals surface area contributed by atoms with Gasteiger partial charge in [-0.15, -0.1) is 0 Å². The number of nitrogens with two attached hydrogens (primary N) is 1. The molecule has 3 atom stereocenters. The van der Waals surface area contributed by atoms with Crippen molar-refractivity contribution in [3.05, 3.63) is 23.8 Å². The Labute approximate surface area is 129 Å². The lowest BCUT2D eigenvalue weighted by Gasteiger charge is -2.35. The van der Waals surface area contributed by atoms with Gasteiger partial charge in [0, 0.05) is 22.0 Å². The second-order valence-electron chi connectivity index (χ2n) is 4.63. The van der Waals surface area contributed by atoms with Crippen LogP contribution in [0.2, 0.25) is 0 Å². The third kappa shape index (κ3) is 3.19. The van der Waals surface area contributed by atoms with Crippen LogP contribution >= 0.6 is 23.5 Å². The lowest BCUT2D eigenvalue weighted by molar-refractivity contribution is 0.368. The molecule has 112 valence electrons. The molecule has 6 heteroatoms. The predicted molar refractivity (Wildman–Crippen MR) is 87.8 cm³/mol. The zero-order valence-corrected chi connectivity index (χ0v) is 13.7. The zero-order valence-electron chi connectivity index (χ0n) is 12.1. The van der Waals surface area contributed by atoms with Crippen molar-refractivity contribution in [1.82, 2.24) is 5.43 Å². The van der Waals surface area contributed by atoms with Crippen molar-refractivity contribution in [1.29, 1.82) is 0 Å². The van der Waals surface area contributed by atoms with Crippen LogP contribution in [0.15, 0.2) is 18.2 Å². The highest BCUT2D eigenvalue weighted by molar-refractivity contribution is 8.07. The number of methoxy groups -OCH3 is 2. The fraction of sp³-hybridized carbons (Fsp3) is 0.571. The lowest BCUT2D eigenvalue weighted by atomic mass is 10.00. The van der Waals surface area contributed by atoms with Crippen LogP contribution in [0.5, 0.6) is 11.5 Å². The minimum atomic E-state index is 0.00824. The summed E-state index contributed by atoms with van der Waals surface area (Å²) >= 11 is 3.96. The Morgan fingerprint density at radius 2 is 1.80 bits per heavy atom. The van der Waals surface area contributed by atoms with E-state index in [0.717, 1.165) is 22.8 Å². The Hall–Kier alpha value is -0.560. The van der Waals surface area contributed by atoms with Crippen LogP contribution in [-0.4, -0.2) is 36.2 Å².